The molecule has 0 saturated heterocycles. The van der Waals surface area contributed by atoms with Crippen LogP contribution in [-0.2, 0) is 0 Å². The van der Waals surface area contributed by atoms with Crippen molar-refractivity contribution in [3.05, 3.63) is 42.0 Å². The van der Waals surface area contributed by atoms with Gasteiger partial charge in [-0.25, -0.2) is 0 Å². The van der Waals surface area contributed by atoms with Gasteiger partial charge in [-0.15, -0.1) is 0 Å². The summed E-state index contributed by atoms with van der Waals surface area (Å²) < 4.78 is 5.48. The van der Waals surface area contributed by atoms with Crippen LogP contribution in [-0.4, -0.2) is 36.9 Å². The molecule has 1 rings (SSSR count). The summed E-state index contributed by atoms with van der Waals surface area (Å²) in [5, 5.41) is 12.7. The van der Waals surface area contributed by atoms with Crippen LogP contribution in [0.15, 0.2) is 41.4 Å². The molecule has 0 aromatic heterocycles. The molecule has 0 saturated carbocycles. The SMILES string of the molecule is C=C(C)CNC(N)=NCC(O)COc1cccc(C)c1. The number of benzene rings is 1. The maximum atomic E-state index is 9.77. The first-order valence-corrected chi connectivity index (χ1v) is 6.53. The van der Waals surface area contributed by atoms with E-state index >= 15 is 0 Å². The number of hydrogen-bond acceptors (Lipinski definition) is 3. The highest BCUT2D eigenvalue weighted by atomic mass is 16.5. The number of aliphatic hydroxyl groups is 1. The van der Waals surface area contributed by atoms with Gasteiger partial charge in [0.1, 0.15) is 18.5 Å². The predicted octanol–water partition coefficient (Wildman–Crippen LogP) is 1.22. The summed E-state index contributed by atoms with van der Waals surface area (Å²) >= 11 is 0. The van der Waals surface area contributed by atoms with Crippen LogP contribution in [0.25, 0.3) is 0 Å². The van der Waals surface area contributed by atoms with Crippen molar-refractivity contribution in [2.45, 2.75) is 20.0 Å². The Balaban J connectivity index is 2.31. The zero-order valence-corrected chi connectivity index (χ0v) is 12.1. The molecule has 0 aliphatic heterocycles. The zero-order valence-electron chi connectivity index (χ0n) is 12.1. The molecule has 20 heavy (non-hydrogen) atoms. The predicted molar refractivity (Wildman–Crippen MR) is 82.0 cm³/mol. The third kappa shape index (κ3) is 6.80. The number of aliphatic imine (C=N–C) groups is 1. The highest BCUT2D eigenvalue weighted by Crippen LogP contribution is 2.12. The van der Waals surface area contributed by atoms with Crippen molar-refractivity contribution in [2.75, 3.05) is 19.7 Å². The molecule has 5 heteroatoms. The Morgan fingerprint density at radius 2 is 2.30 bits per heavy atom. The number of nitrogens with zero attached hydrogens (tertiary/aromatic N) is 1. The molecule has 110 valence electrons. The topological polar surface area (TPSA) is 79.9 Å². The number of aryl methyl sites for hydroxylation is 1. The number of hydrogen-bond donors (Lipinski definition) is 3. The summed E-state index contributed by atoms with van der Waals surface area (Å²) in [6.07, 6.45) is -0.694. The van der Waals surface area contributed by atoms with Crippen molar-refractivity contribution in [3.8, 4) is 5.75 Å². The van der Waals surface area contributed by atoms with Crippen LogP contribution in [0.2, 0.25) is 0 Å². The van der Waals surface area contributed by atoms with E-state index < -0.39 is 6.10 Å². The molecule has 1 aromatic carbocycles. The Labute approximate surface area is 120 Å². The maximum absolute atomic E-state index is 9.77. The van der Waals surface area contributed by atoms with Gasteiger partial charge in [-0.05, 0) is 31.5 Å². The number of guanidine groups is 1. The quantitative estimate of drug-likeness (QED) is 0.398. The normalized spacial score (nSPS) is 12.8. The molecule has 4 N–H and O–H groups in total. The minimum Gasteiger partial charge on any atom is -0.491 e. The van der Waals surface area contributed by atoms with Gasteiger partial charge in [0.2, 0.25) is 0 Å². The van der Waals surface area contributed by atoms with Gasteiger partial charge in [-0.3, -0.25) is 4.99 Å². The Morgan fingerprint density at radius 3 is 2.95 bits per heavy atom. The lowest BCUT2D eigenvalue weighted by Gasteiger charge is -2.11. The van der Waals surface area contributed by atoms with Crippen LogP contribution in [0.4, 0.5) is 0 Å². The zero-order chi connectivity index (χ0) is 15.0. The lowest BCUT2D eigenvalue weighted by atomic mass is 10.2. The van der Waals surface area contributed by atoms with Crippen molar-refractivity contribution in [1.82, 2.24) is 5.32 Å². The summed E-state index contributed by atoms with van der Waals surface area (Å²) in [6.45, 7) is 8.58. The van der Waals surface area contributed by atoms with E-state index in [2.05, 4.69) is 16.9 Å². The van der Waals surface area contributed by atoms with Crippen molar-refractivity contribution in [3.63, 3.8) is 0 Å². The molecular weight excluding hydrogens is 254 g/mol. The van der Waals surface area contributed by atoms with Gasteiger partial charge in [0.05, 0.1) is 6.54 Å². The molecule has 0 radical (unpaired) electrons. The van der Waals surface area contributed by atoms with E-state index in [0.717, 1.165) is 16.9 Å². The molecule has 0 aliphatic carbocycles. The number of nitrogens with two attached hydrogens (primary N) is 1. The largest absolute Gasteiger partial charge is 0.491 e. The fourth-order valence-electron chi connectivity index (χ4n) is 1.45. The molecule has 0 spiro atoms. The molecule has 0 amide bonds. The van der Waals surface area contributed by atoms with E-state index in [1.807, 2.05) is 38.1 Å². The second-order valence-corrected chi connectivity index (χ2v) is 4.82. The fourth-order valence-corrected chi connectivity index (χ4v) is 1.45. The van der Waals surface area contributed by atoms with E-state index in [1.54, 1.807) is 0 Å². The molecule has 1 unspecified atom stereocenters. The second-order valence-electron chi connectivity index (χ2n) is 4.82. The van der Waals surface area contributed by atoms with Crippen LogP contribution >= 0.6 is 0 Å². The number of ether oxygens (including phenoxy) is 1. The molecule has 1 aromatic rings. The lowest BCUT2D eigenvalue weighted by molar-refractivity contribution is 0.114. The van der Waals surface area contributed by atoms with Crippen LogP contribution in [0.3, 0.4) is 0 Å². The van der Waals surface area contributed by atoms with Gasteiger partial charge in [0.25, 0.3) is 0 Å². The summed E-state index contributed by atoms with van der Waals surface area (Å²) in [5.74, 6) is 1.03. The molecule has 5 nitrogen and oxygen atoms in total. The van der Waals surface area contributed by atoms with E-state index in [4.69, 9.17) is 10.5 Å². The average molecular weight is 277 g/mol. The molecule has 0 heterocycles. The maximum Gasteiger partial charge on any atom is 0.188 e. The first-order valence-electron chi connectivity index (χ1n) is 6.53. The van der Waals surface area contributed by atoms with E-state index in [0.29, 0.717) is 12.5 Å². The highest BCUT2D eigenvalue weighted by Gasteiger charge is 2.05. The van der Waals surface area contributed by atoms with Gasteiger partial charge in [-0.2, -0.15) is 0 Å². The highest BCUT2D eigenvalue weighted by molar-refractivity contribution is 5.78. The summed E-state index contributed by atoms with van der Waals surface area (Å²) in [7, 11) is 0. The minimum atomic E-state index is -0.694. The standard InChI is InChI=1S/C15H23N3O2/c1-11(2)8-17-15(16)18-9-13(19)10-20-14-6-4-5-12(3)7-14/h4-7,13,19H,1,8-10H2,2-3H3,(H3,16,17,18). The minimum absolute atomic E-state index is 0.181. The smallest absolute Gasteiger partial charge is 0.188 e. The Kier molecular flexibility index (Phi) is 6.59. The van der Waals surface area contributed by atoms with Gasteiger partial charge < -0.3 is 20.9 Å². The number of aliphatic hydroxyl groups excluding tert-OH is 1. The monoisotopic (exact) mass is 277 g/mol. The Bertz CT molecular complexity index is 472. The molecule has 0 bridgehead atoms. The molecule has 1 atom stereocenters. The summed E-state index contributed by atoms with van der Waals surface area (Å²) in [5.41, 5.74) is 7.72. The summed E-state index contributed by atoms with van der Waals surface area (Å²) in [4.78, 5) is 4.04. The van der Waals surface area contributed by atoms with Gasteiger partial charge >= 0.3 is 0 Å². The van der Waals surface area contributed by atoms with E-state index in [1.165, 1.54) is 0 Å². The van der Waals surface area contributed by atoms with E-state index in [9.17, 15) is 5.11 Å². The van der Waals surface area contributed by atoms with Gasteiger partial charge in [0, 0.05) is 6.54 Å². The van der Waals surface area contributed by atoms with Gasteiger partial charge in [0.15, 0.2) is 5.96 Å². The Hall–Kier alpha value is -2.01. The van der Waals surface area contributed by atoms with Crippen LogP contribution in [0, 0.1) is 6.92 Å². The van der Waals surface area contributed by atoms with Gasteiger partial charge in [-0.1, -0.05) is 24.3 Å². The number of nitrogens with one attached hydrogen (secondary N) is 1. The third-order valence-corrected chi connectivity index (χ3v) is 2.48. The van der Waals surface area contributed by atoms with Crippen molar-refractivity contribution in [1.29, 1.82) is 0 Å². The molecular formula is C15H23N3O2. The van der Waals surface area contributed by atoms with E-state index in [-0.39, 0.29) is 13.2 Å². The third-order valence-electron chi connectivity index (χ3n) is 2.48. The van der Waals surface area contributed by atoms with Crippen LogP contribution in [0.5, 0.6) is 5.75 Å². The fraction of sp³-hybridized carbons (Fsp3) is 0.400. The van der Waals surface area contributed by atoms with Crippen molar-refractivity contribution >= 4 is 5.96 Å². The molecule has 0 fully saturated rings. The molecule has 0 aliphatic rings. The summed E-state index contributed by atoms with van der Waals surface area (Å²) in [6, 6.07) is 7.67. The average Bonchev–Trinajstić information content (AvgIpc) is 2.40. The Morgan fingerprint density at radius 1 is 1.55 bits per heavy atom. The van der Waals surface area contributed by atoms with Crippen molar-refractivity contribution < 1.29 is 9.84 Å². The van der Waals surface area contributed by atoms with Crippen LogP contribution in [0.1, 0.15) is 12.5 Å². The second kappa shape index (κ2) is 8.22. The van der Waals surface area contributed by atoms with Crippen LogP contribution < -0.4 is 15.8 Å². The lowest BCUT2D eigenvalue weighted by Crippen LogP contribution is -2.34. The number of rotatable bonds is 7. The van der Waals surface area contributed by atoms with Crippen molar-refractivity contribution in [2.24, 2.45) is 10.7 Å². The first kappa shape index (κ1) is 16.0. The first-order chi connectivity index (χ1) is 9.47.